The first kappa shape index (κ1) is 29.2. The molecule has 5 atom stereocenters. The molecule has 0 spiro atoms. The summed E-state index contributed by atoms with van der Waals surface area (Å²) in [6.45, 7) is 26.1. The van der Waals surface area contributed by atoms with E-state index >= 15 is 0 Å². The Bertz CT molecular complexity index is 734. The Hall–Kier alpha value is -0.0325. The Balaban J connectivity index is 2.55. The Morgan fingerprint density at radius 1 is 1.06 bits per heavy atom. The molecule has 33 heavy (non-hydrogen) atoms. The summed E-state index contributed by atoms with van der Waals surface area (Å²) in [7, 11) is -6.39. The molecule has 0 aromatic heterocycles. The van der Waals surface area contributed by atoms with Crippen LogP contribution in [0.1, 0.15) is 60.8 Å². The van der Waals surface area contributed by atoms with Crippen LogP contribution in [-0.4, -0.2) is 51.5 Å². The molecule has 1 fully saturated rings. The van der Waals surface area contributed by atoms with Gasteiger partial charge in [-0.05, 0) is 70.0 Å². The van der Waals surface area contributed by atoms with Gasteiger partial charge >= 0.3 is 0 Å². The number of hydrogen-bond acceptors (Lipinski definition) is 3. The minimum atomic E-state index is -2.40. The molecule has 0 saturated carbocycles. The predicted molar refractivity (Wildman–Crippen MR) is 155 cm³/mol. The van der Waals surface area contributed by atoms with Gasteiger partial charge in [0.15, 0.2) is 9.04 Å². The summed E-state index contributed by atoms with van der Waals surface area (Å²) < 4.78 is 21.2. The largest absolute Gasteiger partial charge is 0.418 e. The highest BCUT2D eigenvalue weighted by Crippen LogP contribution is 2.58. The van der Waals surface area contributed by atoms with E-state index in [1.54, 1.807) is 0 Å². The van der Waals surface area contributed by atoms with Crippen LogP contribution >= 0.6 is 0 Å². The second-order valence-electron chi connectivity index (χ2n) is 11.2. The van der Waals surface area contributed by atoms with Gasteiger partial charge in [0.1, 0.15) is 0 Å². The van der Waals surface area contributed by atoms with Crippen LogP contribution < -0.4 is 5.19 Å². The first-order valence-corrected chi connectivity index (χ1v) is 24.0. The standard InChI is InChI=1S/C26H52O3Si4/c1-12-25(6,30(7)8)29-32(11,23-19-17-16-18-20-23)26(13-2,14-3)24-21-33(15-4,28-24)22(5)27-31(9)10/h16-20,22,24,30-31H,12-15,21H2,1-11H3/t22?,24?,25?,32-,33?/m0/s1. The lowest BCUT2D eigenvalue weighted by atomic mass is 9.95. The molecule has 1 aliphatic heterocycles. The van der Waals surface area contributed by atoms with Crippen LogP contribution in [0.3, 0.4) is 0 Å². The molecule has 1 aromatic rings. The first-order chi connectivity index (χ1) is 15.4. The van der Waals surface area contributed by atoms with Gasteiger partial charge in [0.25, 0.3) is 0 Å². The summed E-state index contributed by atoms with van der Waals surface area (Å²) in [5.74, 6) is 0. The molecule has 0 N–H and O–H groups in total. The van der Waals surface area contributed by atoms with E-state index < -0.39 is 34.5 Å². The summed E-state index contributed by atoms with van der Waals surface area (Å²) in [6.07, 6.45) is 3.57. The average Bonchev–Trinajstić information content (AvgIpc) is 2.75. The molecule has 1 aromatic carbocycles. The van der Waals surface area contributed by atoms with Crippen molar-refractivity contribution in [3.05, 3.63) is 30.3 Å². The van der Waals surface area contributed by atoms with E-state index in [4.69, 9.17) is 13.3 Å². The van der Waals surface area contributed by atoms with Crippen molar-refractivity contribution in [1.82, 2.24) is 0 Å². The van der Waals surface area contributed by atoms with Crippen molar-refractivity contribution in [2.24, 2.45) is 0 Å². The maximum absolute atomic E-state index is 7.56. The highest BCUT2D eigenvalue weighted by atomic mass is 28.4. The molecule has 2 rings (SSSR count). The van der Waals surface area contributed by atoms with Gasteiger partial charge in [0.2, 0.25) is 16.6 Å². The van der Waals surface area contributed by atoms with Crippen molar-refractivity contribution in [2.45, 2.75) is 128 Å². The van der Waals surface area contributed by atoms with Gasteiger partial charge in [-0.1, -0.05) is 71.1 Å². The highest BCUT2D eigenvalue weighted by Gasteiger charge is 2.65. The Labute approximate surface area is 210 Å². The van der Waals surface area contributed by atoms with Crippen molar-refractivity contribution >= 4 is 39.7 Å². The van der Waals surface area contributed by atoms with E-state index in [0.717, 1.165) is 25.3 Å². The number of benzene rings is 1. The molecule has 0 amide bonds. The van der Waals surface area contributed by atoms with Crippen molar-refractivity contribution in [1.29, 1.82) is 0 Å². The fraction of sp³-hybridized carbons (Fsp3) is 0.769. The smallest absolute Gasteiger partial charge is 0.230 e. The summed E-state index contributed by atoms with van der Waals surface area (Å²) in [5, 5.41) is 1.49. The number of hydrogen-bond donors (Lipinski definition) is 0. The molecule has 0 radical (unpaired) electrons. The van der Waals surface area contributed by atoms with Crippen LogP contribution in [0.4, 0.5) is 0 Å². The van der Waals surface area contributed by atoms with Crippen LogP contribution in [0, 0.1) is 0 Å². The van der Waals surface area contributed by atoms with Crippen LogP contribution in [0.2, 0.25) is 49.9 Å². The number of rotatable bonds is 13. The molecular formula is C26H52O3Si4. The summed E-state index contributed by atoms with van der Waals surface area (Å²) in [5.41, 5.74) is 0.298. The lowest BCUT2D eigenvalue weighted by Gasteiger charge is -2.61. The van der Waals surface area contributed by atoms with E-state index in [1.165, 1.54) is 11.2 Å². The van der Waals surface area contributed by atoms with Crippen molar-refractivity contribution in [3.8, 4) is 0 Å². The van der Waals surface area contributed by atoms with E-state index in [2.05, 4.69) is 105 Å². The molecule has 0 bridgehead atoms. The highest BCUT2D eigenvalue weighted by molar-refractivity contribution is 6.89. The molecule has 1 heterocycles. The normalized spacial score (nSPS) is 26.0. The molecule has 7 heteroatoms. The van der Waals surface area contributed by atoms with Crippen LogP contribution in [-0.2, 0) is 13.3 Å². The summed E-state index contributed by atoms with van der Waals surface area (Å²) >= 11 is 0. The van der Waals surface area contributed by atoms with E-state index in [-0.39, 0.29) is 16.4 Å². The van der Waals surface area contributed by atoms with Crippen LogP contribution in [0.25, 0.3) is 0 Å². The maximum Gasteiger partial charge on any atom is 0.230 e. The topological polar surface area (TPSA) is 27.7 Å². The fourth-order valence-corrected chi connectivity index (χ4v) is 19.8. The molecule has 1 aliphatic rings. The van der Waals surface area contributed by atoms with Gasteiger partial charge in [0.05, 0.1) is 20.6 Å². The molecule has 0 aliphatic carbocycles. The first-order valence-electron chi connectivity index (χ1n) is 13.5. The van der Waals surface area contributed by atoms with E-state index in [0.29, 0.717) is 5.73 Å². The van der Waals surface area contributed by atoms with E-state index in [1.807, 2.05) is 0 Å². The second-order valence-corrected chi connectivity index (χ2v) is 25.3. The van der Waals surface area contributed by atoms with Gasteiger partial charge in [-0.3, -0.25) is 0 Å². The molecule has 4 unspecified atom stereocenters. The SMILES string of the molecule is CCC(C)(O[Si@@](C)(c1ccccc1)C(CC)(CC)C1C[Si](CC)(C(C)O[SiH](C)C)O1)[SiH](C)C. The van der Waals surface area contributed by atoms with Gasteiger partial charge in [-0.15, -0.1) is 0 Å². The molecule has 3 nitrogen and oxygen atoms in total. The summed E-state index contributed by atoms with van der Waals surface area (Å²) in [6, 6.07) is 13.6. The third-order valence-corrected chi connectivity index (χ3v) is 23.5. The van der Waals surface area contributed by atoms with Crippen LogP contribution in [0.5, 0.6) is 0 Å². The van der Waals surface area contributed by atoms with Crippen molar-refractivity contribution in [3.63, 3.8) is 0 Å². The monoisotopic (exact) mass is 524 g/mol. The Morgan fingerprint density at radius 2 is 1.61 bits per heavy atom. The second kappa shape index (κ2) is 11.4. The zero-order chi connectivity index (χ0) is 25.1. The molecule has 1 saturated heterocycles. The van der Waals surface area contributed by atoms with Gasteiger partial charge in [-0.25, -0.2) is 0 Å². The van der Waals surface area contributed by atoms with Gasteiger partial charge < -0.3 is 13.3 Å². The van der Waals surface area contributed by atoms with Gasteiger partial charge in [0, 0.05) is 10.3 Å². The quantitative estimate of drug-likeness (QED) is 0.274. The zero-order valence-electron chi connectivity index (χ0n) is 23.5. The summed E-state index contributed by atoms with van der Waals surface area (Å²) in [4.78, 5) is 0. The Morgan fingerprint density at radius 3 is 2.00 bits per heavy atom. The van der Waals surface area contributed by atoms with E-state index in [9.17, 15) is 0 Å². The lowest BCUT2D eigenvalue weighted by Crippen LogP contribution is -2.73. The van der Waals surface area contributed by atoms with Crippen molar-refractivity contribution in [2.75, 3.05) is 0 Å². The van der Waals surface area contributed by atoms with Crippen LogP contribution in [0.15, 0.2) is 30.3 Å². The maximum atomic E-state index is 7.56. The van der Waals surface area contributed by atoms with Crippen molar-refractivity contribution < 1.29 is 13.3 Å². The Kier molecular flexibility index (Phi) is 10.0. The predicted octanol–water partition coefficient (Wildman–Crippen LogP) is 6.53. The van der Waals surface area contributed by atoms with Gasteiger partial charge in [-0.2, -0.15) is 0 Å². The minimum absolute atomic E-state index is 0.00489. The minimum Gasteiger partial charge on any atom is -0.418 e. The third kappa shape index (κ3) is 5.39. The molecule has 190 valence electrons. The zero-order valence-corrected chi connectivity index (χ0v) is 27.8. The fourth-order valence-electron chi connectivity index (χ4n) is 6.16. The lowest BCUT2D eigenvalue weighted by molar-refractivity contribution is 0.0419. The third-order valence-electron chi connectivity index (χ3n) is 9.24. The molecular weight excluding hydrogens is 473 g/mol. The average molecular weight is 525 g/mol.